The summed E-state index contributed by atoms with van der Waals surface area (Å²) < 4.78 is 0. The third-order valence-corrected chi connectivity index (χ3v) is 5.01. The van der Waals surface area contributed by atoms with E-state index in [1.807, 2.05) is 0 Å². The van der Waals surface area contributed by atoms with Crippen LogP contribution in [0.5, 0.6) is 0 Å². The Morgan fingerprint density at radius 2 is 2.00 bits per heavy atom. The van der Waals surface area contributed by atoms with Crippen LogP contribution in [0.4, 0.5) is 0 Å². The number of carbonyl (C=O) groups is 1. The summed E-state index contributed by atoms with van der Waals surface area (Å²) in [4.78, 5) is 17.0. The molecule has 0 bridgehead atoms. The van der Waals surface area contributed by atoms with Gasteiger partial charge >= 0.3 is 0 Å². The first kappa shape index (κ1) is 16.7. The Bertz CT molecular complexity index is 326. The monoisotopic (exact) mass is 296 g/mol. The van der Waals surface area contributed by atoms with E-state index in [9.17, 15) is 4.79 Å². The molecule has 0 radical (unpaired) electrons. The second kappa shape index (κ2) is 8.11. The Morgan fingerprint density at radius 1 is 1.29 bits per heavy atom. The normalized spacial score (nSPS) is 28.8. The van der Waals surface area contributed by atoms with E-state index < -0.39 is 0 Å². The third-order valence-electron chi connectivity index (χ3n) is 5.01. The van der Waals surface area contributed by atoms with Gasteiger partial charge in [-0.1, -0.05) is 0 Å². The molecule has 2 N–H and O–H groups in total. The zero-order valence-electron chi connectivity index (χ0n) is 13.9. The highest BCUT2D eigenvalue weighted by Crippen LogP contribution is 2.16. The predicted molar refractivity (Wildman–Crippen MR) is 86.3 cm³/mol. The largest absolute Gasteiger partial charge is 0.355 e. The minimum Gasteiger partial charge on any atom is -0.355 e. The number of hydrogen-bond donors (Lipinski definition) is 2. The van der Waals surface area contributed by atoms with Gasteiger partial charge in [-0.3, -0.25) is 4.79 Å². The molecule has 5 nitrogen and oxygen atoms in total. The molecule has 2 atom stereocenters. The molecule has 0 saturated carbocycles. The maximum Gasteiger partial charge on any atom is 0.223 e. The summed E-state index contributed by atoms with van der Waals surface area (Å²) >= 11 is 0. The third kappa shape index (κ3) is 5.24. The van der Waals surface area contributed by atoms with Crippen molar-refractivity contribution in [2.24, 2.45) is 5.92 Å². The highest BCUT2D eigenvalue weighted by molar-refractivity contribution is 5.78. The minimum atomic E-state index is 0.209. The molecule has 2 fully saturated rings. The van der Waals surface area contributed by atoms with Gasteiger partial charge in [-0.15, -0.1) is 0 Å². The van der Waals surface area contributed by atoms with Crippen molar-refractivity contribution in [3.8, 4) is 0 Å². The molecule has 0 aromatic heterocycles. The number of piperidine rings is 2. The first-order chi connectivity index (χ1) is 10.1. The Morgan fingerprint density at radius 3 is 2.62 bits per heavy atom. The number of nitrogens with zero attached hydrogens (tertiary/aromatic N) is 2. The van der Waals surface area contributed by atoms with Crippen LogP contribution in [0.1, 0.15) is 32.6 Å². The van der Waals surface area contributed by atoms with E-state index >= 15 is 0 Å². The number of rotatable bonds is 5. The lowest BCUT2D eigenvalue weighted by atomic mass is 9.92. The van der Waals surface area contributed by atoms with Gasteiger partial charge in [0.2, 0.25) is 5.91 Å². The summed E-state index contributed by atoms with van der Waals surface area (Å²) in [6, 6.07) is 1.20. The fourth-order valence-corrected chi connectivity index (χ4v) is 3.51. The van der Waals surface area contributed by atoms with Crippen LogP contribution >= 0.6 is 0 Å². The maximum atomic E-state index is 12.2. The van der Waals surface area contributed by atoms with Gasteiger partial charge in [0, 0.05) is 31.1 Å². The maximum absolute atomic E-state index is 12.2. The van der Waals surface area contributed by atoms with Crippen LogP contribution in [0.2, 0.25) is 0 Å². The van der Waals surface area contributed by atoms with Gasteiger partial charge in [0.1, 0.15) is 0 Å². The van der Waals surface area contributed by atoms with Crippen LogP contribution in [-0.2, 0) is 4.79 Å². The summed E-state index contributed by atoms with van der Waals surface area (Å²) in [6.45, 7) is 7.23. The lowest BCUT2D eigenvalue weighted by molar-refractivity contribution is -0.126. The van der Waals surface area contributed by atoms with Crippen molar-refractivity contribution >= 4 is 5.91 Å². The lowest BCUT2D eigenvalue weighted by Crippen LogP contribution is -2.46. The topological polar surface area (TPSA) is 47.6 Å². The van der Waals surface area contributed by atoms with Crippen molar-refractivity contribution in [3.05, 3.63) is 0 Å². The van der Waals surface area contributed by atoms with Crippen molar-refractivity contribution in [3.63, 3.8) is 0 Å². The highest BCUT2D eigenvalue weighted by Gasteiger charge is 2.25. The summed E-state index contributed by atoms with van der Waals surface area (Å²) in [6.07, 6.45) is 4.43. The van der Waals surface area contributed by atoms with E-state index in [0.29, 0.717) is 6.04 Å². The van der Waals surface area contributed by atoms with Crippen molar-refractivity contribution in [2.45, 2.75) is 44.7 Å². The average molecular weight is 296 g/mol. The molecule has 0 spiro atoms. The Hall–Kier alpha value is -0.650. The second-order valence-corrected chi connectivity index (χ2v) is 6.90. The van der Waals surface area contributed by atoms with Gasteiger partial charge in [0.25, 0.3) is 0 Å². The fraction of sp³-hybridized carbons (Fsp3) is 0.938. The smallest absolute Gasteiger partial charge is 0.223 e. The zero-order chi connectivity index (χ0) is 15.2. The van der Waals surface area contributed by atoms with Crippen LogP contribution in [0, 0.1) is 5.92 Å². The van der Waals surface area contributed by atoms with E-state index in [1.165, 1.54) is 12.8 Å². The van der Waals surface area contributed by atoms with Crippen LogP contribution in [0.15, 0.2) is 0 Å². The standard InChI is InChI=1S/C16H32N4O/c1-13-12-14(4-7-17-13)16(21)18-8-11-20-9-5-15(6-10-20)19(2)3/h13-15,17H,4-12H2,1-3H3,(H,18,21)/t13-,14-/m0/s1. The zero-order valence-corrected chi connectivity index (χ0v) is 13.9. The van der Waals surface area contributed by atoms with E-state index in [4.69, 9.17) is 0 Å². The molecule has 2 heterocycles. The molecule has 1 amide bonds. The Kier molecular flexibility index (Phi) is 6.45. The number of carbonyl (C=O) groups excluding carboxylic acids is 1. The van der Waals surface area contributed by atoms with E-state index in [0.717, 1.165) is 51.6 Å². The number of nitrogens with one attached hydrogen (secondary N) is 2. The van der Waals surface area contributed by atoms with Gasteiger partial charge in [-0.25, -0.2) is 0 Å². The van der Waals surface area contributed by atoms with E-state index in [2.05, 4.69) is 41.5 Å². The molecular weight excluding hydrogens is 264 g/mol. The molecule has 0 unspecified atom stereocenters. The van der Waals surface area contributed by atoms with Gasteiger partial charge in [-0.2, -0.15) is 0 Å². The SMILES string of the molecule is C[C@H]1C[C@@H](C(=O)NCCN2CCC(N(C)C)CC2)CCN1. The first-order valence-electron chi connectivity index (χ1n) is 8.46. The molecule has 2 aliphatic heterocycles. The van der Waals surface area contributed by atoms with Gasteiger partial charge in [0.05, 0.1) is 0 Å². The van der Waals surface area contributed by atoms with Crippen LogP contribution in [0.25, 0.3) is 0 Å². The predicted octanol–water partition coefficient (Wildman–Crippen LogP) is 0.517. The van der Waals surface area contributed by atoms with Crippen LogP contribution in [0.3, 0.4) is 0 Å². The highest BCUT2D eigenvalue weighted by atomic mass is 16.1. The van der Waals surface area contributed by atoms with E-state index in [-0.39, 0.29) is 11.8 Å². The molecule has 0 aliphatic carbocycles. The second-order valence-electron chi connectivity index (χ2n) is 6.90. The molecule has 122 valence electrons. The Balaban J connectivity index is 1.60. The molecule has 5 heteroatoms. The molecule has 21 heavy (non-hydrogen) atoms. The quantitative estimate of drug-likeness (QED) is 0.776. The van der Waals surface area contributed by atoms with Gasteiger partial charge in [0.15, 0.2) is 0 Å². The summed E-state index contributed by atoms with van der Waals surface area (Å²) in [5.74, 6) is 0.465. The van der Waals surface area contributed by atoms with Crippen LogP contribution < -0.4 is 10.6 Å². The summed E-state index contributed by atoms with van der Waals surface area (Å²) in [5.41, 5.74) is 0. The van der Waals surface area contributed by atoms with E-state index in [1.54, 1.807) is 0 Å². The summed E-state index contributed by atoms with van der Waals surface area (Å²) in [5, 5.41) is 6.53. The van der Waals surface area contributed by atoms with Crippen molar-refractivity contribution in [2.75, 3.05) is 46.8 Å². The number of hydrogen-bond acceptors (Lipinski definition) is 4. The molecule has 0 aromatic rings. The number of likely N-dealkylation sites (tertiary alicyclic amines) is 1. The average Bonchev–Trinajstić information content (AvgIpc) is 2.47. The lowest BCUT2D eigenvalue weighted by Gasteiger charge is -2.35. The Labute approximate surface area is 129 Å². The molecule has 0 aromatic carbocycles. The molecule has 2 aliphatic rings. The molecular formula is C16H32N4O. The van der Waals surface area contributed by atoms with Crippen molar-refractivity contribution in [1.82, 2.24) is 20.4 Å². The number of amides is 1. The summed E-state index contributed by atoms with van der Waals surface area (Å²) in [7, 11) is 4.33. The molecule has 2 rings (SSSR count). The molecule has 2 saturated heterocycles. The fourth-order valence-electron chi connectivity index (χ4n) is 3.51. The van der Waals surface area contributed by atoms with Gasteiger partial charge < -0.3 is 20.4 Å². The van der Waals surface area contributed by atoms with Gasteiger partial charge in [-0.05, 0) is 66.3 Å². The first-order valence-corrected chi connectivity index (χ1v) is 8.46. The van der Waals surface area contributed by atoms with Crippen molar-refractivity contribution < 1.29 is 4.79 Å². The minimum absolute atomic E-state index is 0.209. The van der Waals surface area contributed by atoms with Crippen LogP contribution in [-0.4, -0.2) is 74.6 Å². The van der Waals surface area contributed by atoms with Crippen molar-refractivity contribution in [1.29, 1.82) is 0 Å².